The van der Waals surface area contributed by atoms with Crippen LogP contribution in [0.25, 0.3) is 0 Å². The fraction of sp³-hybridized carbons (Fsp3) is 0.318. The third-order valence-electron chi connectivity index (χ3n) is 11.2. The molecule has 0 amide bonds. The fourth-order valence-corrected chi connectivity index (χ4v) is 8.71. The van der Waals surface area contributed by atoms with Gasteiger partial charge in [0.15, 0.2) is 0 Å². The van der Waals surface area contributed by atoms with Gasteiger partial charge in [0.05, 0.1) is 0 Å². The number of likely N-dealkylation sites (tertiary alicyclic amines) is 2. The lowest BCUT2D eigenvalue weighted by Gasteiger charge is -2.41. The molecule has 2 saturated heterocycles. The molecule has 2 aliphatic heterocycles. The zero-order chi connectivity index (χ0) is 34.0. The van der Waals surface area contributed by atoms with Gasteiger partial charge in [-0.2, -0.15) is 0 Å². The maximum absolute atomic E-state index is 12.7. The Labute approximate surface area is 291 Å². The lowest BCUT2D eigenvalue weighted by molar-refractivity contribution is -0.00742. The van der Waals surface area contributed by atoms with Crippen molar-refractivity contribution >= 4 is 0 Å². The van der Waals surface area contributed by atoms with E-state index in [-0.39, 0.29) is 12.1 Å². The summed E-state index contributed by atoms with van der Waals surface area (Å²) in [7, 11) is 0. The molecule has 2 aliphatic rings. The van der Waals surface area contributed by atoms with Crippen LogP contribution in [0.1, 0.15) is 70.2 Å². The summed E-state index contributed by atoms with van der Waals surface area (Å²) in [6.07, 6.45) is 3.65. The van der Waals surface area contributed by atoms with E-state index in [1.807, 2.05) is 121 Å². The first-order valence-electron chi connectivity index (χ1n) is 17.8. The summed E-state index contributed by atoms with van der Waals surface area (Å²) in [5, 5.41) is 37.5. The second kappa shape index (κ2) is 13.9. The molecule has 5 heteroatoms. The van der Waals surface area contributed by atoms with Crippen molar-refractivity contribution in [3.05, 3.63) is 172 Å². The van der Waals surface area contributed by atoms with Crippen LogP contribution in [0.2, 0.25) is 0 Å². The molecule has 252 valence electrons. The number of nitrogens with zero attached hydrogens (tertiary/aromatic N) is 2. The molecule has 7 rings (SSSR count). The van der Waals surface area contributed by atoms with E-state index in [0.29, 0.717) is 18.8 Å². The number of aromatic hydroxyl groups is 1. The topological polar surface area (TPSA) is 67.2 Å². The summed E-state index contributed by atoms with van der Waals surface area (Å²) < 4.78 is 0. The van der Waals surface area contributed by atoms with Gasteiger partial charge in [-0.25, -0.2) is 0 Å². The van der Waals surface area contributed by atoms with Gasteiger partial charge in [0, 0.05) is 36.3 Å². The molecule has 49 heavy (non-hydrogen) atoms. The molecule has 5 aromatic rings. The zero-order valence-electron chi connectivity index (χ0n) is 28.7. The Morgan fingerprint density at radius 3 is 1.14 bits per heavy atom. The lowest BCUT2D eigenvalue weighted by atomic mass is 9.78. The Morgan fingerprint density at radius 1 is 0.531 bits per heavy atom. The van der Waals surface area contributed by atoms with Crippen LogP contribution in [-0.2, 0) is 24.3 Å². The van der Waals surface area contributed by atoms with E-state index in [1.54, 1.807) is 0 Å². The van der Waals surface area contributed by atoms with Gasteiger partial charge < -0.3 is 15.3 Å². The first-order chi connectivity index (χ1) is 23.8. The van der Waals surface area contributed by atoms with E-state index >= 15 is 0 Å². The maximum Gasteiger partial charge on any atom is 0.130 e. The quantitative estimate of drug-likeness (QED) is 0.144. The predicted molar refractivity (Wildman–Crippen MR) is 196 cm³/mol. The van der Waals surface area contributed by atoms with E-state index in [0.717, 1.165) is 83.3 Å². The normalized spacial score (nSPS) is 19.0. The van der Waals surface area contributed by atoms with E-state index in [1.165, 1.54) is 0 Å². The predicted octanol–water partition coefficient (Wildman–Crippen LogP) is 7.81. The van der Waals surface area contributed by atoms with E-state index in [2.05, 4.69) is 29.7 Å². The largest absolute Gasteiger partial charge is 0.507 e. The molecule has 2 fully saturated rings. The van der Waals surface area contributed by atoms with E-state index in [4.69, 9.17) is 0 Å². The van der Waals surface area contributed by atoms with Gasteiger partial charge in [0.2, 0.25) is 0 Å². The van der Waals surface area contributed by atoms with E-state index < -0.39 is 11.2 Å². The molecule has 0 aliphatic carbocycles. The highest BCUT2D eigenvalue weighted by atomic mass is 16.3. The molecule has 0 spiro atoms. The second-order valence-corrected chi connectivity index (χ2v) is 14.1. The SMILES string of the molecule is Cc1cc(C)c(CN2CCC[C@@H]2C(O)(c2ccccc2)c2ccccc2)c(O)c1CN1CCC[C@@H]1C(O)(c1ccccc1)c1ccccc1. The minimum atomic E-state index is -1.20. The first kappa shape index (κ1) is 33.2. The number of aliphatic hydroxyl groups is 2. The highest BCUT2D eigenvalue weighted by Gasteiger charge is 2.47. The van der Waals surface area contributed by atoms with Gasteiger partial charge >= 0.3 is 0 Å². The van der Waals surface area contributed by atoms with Gasteiger partial charge in [-0.05, 0) is 86.0 Å². The average Bonchev–Trinajstić information content (AvgIpc) is 3.83. The molecule has 5 nitrogen and oxygen atoms in total. The second-order valence-electron chi connectivity index (χ2n) is 14.1. The number of hydrogen-bond acceptors (Lipinski definition) is 5. The van der Waals surface area contributed by atoms with Crippen LogP contribution in [0.3, 0.4) is 0 Å². The van der Waals surface area contributed by atoms with Crippen molar-refractivity contribution in [1.29, 1.82) is 0 Å². The molecule has 0 aromatic heterocycles. The zero-order valence-corrected chi connectivity index (χ0v) is 28.7. The fourth-order valence-electron chi connectivity index (χ4n) is 8.71. The number of phenols is 1. The highest BCUT2D eigenvalue weighted by molar-refractivity contribution is 5.50. The van der Waals surface area contributed by atoms with Crippen molar-refractivity contribution in [2.24, 2.45) is 0 Å². The summed E-state index contributed by atoms with van der Waals surface area (Å²) >= 11 is 0. The van der Waals surface area contributed by atoms with Crippen molar-refractivity contribution in [2.75, 3.05) is 13.1 Å². The third kappa shape index (κ3) is 6.10. The van der Waals surface area contributed by atoms with Gasteiger partial charge in [0.25, 0.3) is 0 Å². The number of benzene rings is 5. The number of aryl methyl sites for hydroxylation is 2. The van der Waals surface area contributed by atoms with Crippen molar-refractivity contribution in [3.8, 4) is 5.75 Å². The third-order valence-corrected chi connectivity index (χ3v) is 11.2. The maximum atomic E-state index is 12.7. The van der Waals surface area contributed by atoms with Gasteiger partial charge in [-0.3, -0.25) is 9.80 Å². The Balaban J connectivity index is 1.22. The van der Waals surface area contributed by atoms with Crippen molar-refractivity contribution < 1.29 is 15.3 Å². The van der Waals surface area contributed by atoms with Gasteiger partial charge in [0.1, 0.15) is 17.0 Å². The van der Waals surface area contributed by atoms with Crippen molar-refractivity contribution in [3.63, 3.8) is 0 Å². The van der Waals surface area contributed by atoms with Crippen LogP contribution in [0.4, 0.5) is 0 Å². The summed E-state index contributed by atoms with van der Waals surface area (Å²) in [6.45, 7) is 6.92. The Hall–Kier alpha value is -4.26. The molecule has 3 N–H and O–H groups in total. The molecular weight excluding hydrogens is 604 g/mol. The van der Waals surface area contributed by atoms with Crippen LogP contribution < -0.4 is 0 Å². The molecule has 0 radical (unpaired) electrons. The van der Waals surface area contributed by atoms with Crippen LogP contribution >= 0.6 is 0 Å². The van der Waals surface area contributed by atoms with Crippen LogP contribution in [0, 0.1) is 13.8 Å². The summed E-state index contributed by atoms with van der Waals surface area (Å²) in [5.74, 6) is 0.333. The van der Waals surface area contributed by atoms with Crippen LogP contribution in [0.5, 0.6) is 5.75 Å². The average molecular weight is 653 g/mol. The monoisotopic (exact) mass is 652 g/mol. The van der Waals surface area contributed by atoms with Crippen molar-refractivity contribution in [1.82, 2.24) is 9.80 Å². The highest BCUT2D eigenvalue weighted by Crippen LogP contribution is 2.44. The standard InChI is InChI=1S/C44H48N2O3/c1-32-29-33(2)39(31-46-28-16-26-41(46)44(49,36-21-11-5-12-22-36)37-23-13-6-14-24-37)42(47)38(32)30-45-27-15-25-40(45)43(48,34-17-7-3-8-18-34)35-19-9-4-10-20-35/h3-14,17-24,29,40-41,47-49H,15-16,25-28,30-31H2,1-2H3/t40-,41-/m1/s1. The van der Waals surface area contributed by atoms with Gasteiger partial charge in [-0.15, -0.1) is 0 Å². The van der Waals surface area contributed by atoms with Gasteiger partial charge in [-0.1, -0.05) is 127 Å². The molecule has 0 saturated carbocycles. The number of phenolic OH excluding ortho intramolecular Hbond substituents is 1. The summed E-state index contributed by atoms with van der Waals surface area (Å²) in [4.78, 5) is 4.73. The summed E-state index contributed by atoms with van der Waals surface area (Å²) in [5.41, 5.74) is 5.06. The number of rotatable bonds is 10. The Bertz CT molecular complexity index is 1630. The minimum absolute atomic E-state index is 0.157. The summed E-state index contributed by atoms with van der Waals surface area (Å²) in [6, 6.07) is 42.0. The first-order valence-corrected chi connectivity index (χ1v) is 17.8. The van der Waals surface area contributed by atoms with Crippen LogP contribution in [-0.4, -0.2) is 50.3 Å². The lowest BCUT2D eigenvalue weighted by Crippen LogP contribution is -2.48. The molecule has 2 atom stereocenters. The van der Waals surface area contributed by atoms with Crippen LogP contribution in [0.15, 0.2) is 127 Å². The van der Waals surface area contributed by atoms with Crippen molar-refractivity contribution in [2.45, 2.75) is 75.9 Å². The molecule has 5 aromatic carbocycles. The Kier molecular flexibility index (Phi) is 9.45. The molecule has 0 unspecified atom stereocenters. The Morgan fingerprint density at radius 2 is 0.837 bits per heavy atom. The molecule has 0 bridgehead atoms. The number of hydrogen-bond donors (Lipinski definition) is 3. The molecule has 2 heterocycles. The smallest absolute Gasteiger partial charge is 0.130 e. The molecular formula is C44H48N2O3. The van der Waals surface area contributed by atoms with E-state index in [9.17, 15) is 15.3 Å². The minimum Gasteiger partial charge on any atom is -0.507 e.